The van der Waals surface area contributed by atoms with Crippen LogP contribution in [0.15, 0.2) is 0 Å². The van der Waals surface area contributed by atoms with E-state index in [1.807, 2.05) is 44.4 Å². The van der Waals surface area contributed by atoms with Crippen molar-refractivity contribution in [2.24, 2.45) is 0 Å². The molecule has 2 fully saturated rings. The Morgan fingerprint density at radius 1 is 0.690 bits per heavy atom. The number of aliphatic carboxylic acids is 1. The molecule has 1 N–H and O–H groups in total. The van der Waals surface area contributed by atoms with Crippen molar-refractivity contribution >= 4 is 23.8 Å². The topological polar surface area (TPSA) is 111 Å². The van der Waals surface area contributed by atoms with Gasteiger partial charge >= 0.3 is 11.9 Å². The van der Waals surface area contributed by atoms with Gasteiger partial charge in [0.05, 0.1) is 17.6 Å². The lowest BCUT2D eigenvalue weighted by Gasteiger charge is -2.58. The molecular formula is C32H58N4O6. The average Bonchev–Trinajstić information content (AvgIpc) is 2.87. The Kier molecular flexibility index (Phi) is 12.4. The number of piperazine rings is 2. The van der Waals surface area contributed by atoms with Crippen LogP contribution < -0.4 is 0 Å². The van der Waals surface area contributed by atoms with Gasteiger partial charge in [-0.05, 0) is 75.2 Å². The van der Waals surface area contributed by atoms with Gasteiger partial charge in [0.15, 0.2) is 0 Å². The normalized spacial score (nSPS) is 21.9. The van der Waals surface area contributed by atoms with Crippen LogP contribution in [-0.2, 0) is 23.9 Å². The van der Waals surface area contributed by atoms with E-state index in [1.165, 1.54) is 0 Å². The van der Waals surface area contributed by atoms with Gasteiger partial charge in [0.2, 0.25) is 11.8 Å². The van der Waals surface area contributed by atoms with E-state index in [4.69, 9.17) is 9.84 Å². The van der Waals surface area contributed by atoms with Crippen LogP contribution >= 0.6 is 0 Å². The molecule has 2 rings (SSSR count). The van der Waals surface area contributed by atoms with Crippen molar-refractivity contribution in [2.75, 3.05) is 45.9 Å². The minimum absolute atomic E-state index is 0.0196. The van der Waals surface area contributed by atoms with E-state index in [1.54, 1.807) is 0 Å². The average molecular weight is 595 g/mol. The maximum Gasteiger partial charge on any atom is 0.305 e. The molecule has 0 atom stereocenters. The summed E-state index contributed by atoms with van der Waals surface area (Å²) in [7, 11) is 0. The zero-order chi connectivity index (χ0) is 31.9. The Bertz CT molecular complexity index is 961. The highest BCUT2D eigenvalue weighted by molar-refractivity contribution is 5.87. The molecule has 2 aliphatic heterocycles. The molecule has 2 heterocycles. The quantitative estimate of drug-likeness (QED) is 0.210. The first-order valence-electron chi connectivity index (χ1n) is 15.9. The first-order valence-corrected chi connectivity index (χ1v) is 15.9. The summed E-state index contributed by atoms with van der Waals surface area (Å²) in [4.78, 5) is 58.0. The lowest BCUT2D eigenvalue weighted by molar-refractivity contribution is -0.168. The second-order valence-electron chi connectivity index (χ2n) is 14.3. The van der Waals surface area contributed by atoms with Crippen LogP contribution in [0.3, 0.4) is 0 Å². The minimum atomic E-state index is -0.753. The first kappa shape index (κ1) is 36.0. The fraction of sp³-hybridized carbons (Fsp3) is 0.875. The molecular weight excluding hydrogens is 536 g/mol. The summed E-state index contributed by atoms with van der Waals surface area (Å²) in [6.45, 7) is 22.4. The molecule has 2 saturated heterocycles. The van der Waals surface area contributed by atoms with E-state index in [0.717, 1.165) is 32.1 Å². The van der Waals surface area contributed by atoms with Gasteiger partial charge in [0.25, 0.3) is 0 Å². The largest absolute Gasteiger partial charge is 0.481 e. The van der Waals surface area contributed by atoms with E-state index >= 15 is 0 Å². The minimum Gasteiger partial charge on any atom is -0.481 e. The van der Waals surface area contributed by atoms with Crippen molar-refractivity contribution < 1.29 is 29.0 Å². The van der Waals surface area contributed by atoms with E-state index in [2.05, 4.69) is 37.5 Å². The number of carboxylic acid groups (broad SMARTS) is 1. The molecule has 2 aliphatic rings. The number of carboxylic acids is 1. The highest BCUT2D eigenvalue weighted by Gasteiger charge is 2.53. The first-order chi connectivity index (χ1) is 19.4. The third-order valence-electron chi connectivity index (χ3n) is 9.16. The second kappa shape index (κ2) is 14.5. The third kappa shape index (κ3) is 8.91. The molecule has 0 aromatic carbocycles. The van der Waals surface area contributed by atoms with Crippen LogP contribution in [0.25, 0.3) is 0 Å². The van der Waals surface area contributed by atoms with Crippen molar-refractivity contribution in [1.82, 2.24) is 19.6 Å². The molecule has 0 spiro atoms. The maximum atomic E-state index is 13.7. The molecule has 10 heteroatoms. The number of hydrogen-bond acceptors (Lipinski definition) is 7. The standard InChI is InChI=1S/C32H58N4O6/c1-10-33-23-29(2,3)35(31(6,7)27(33)40)19-20-36-30(4,5)24-34(28(41)32(36,8)9)21-22-42-26(39)18-16-14-12-11-13-15-17-25(37)38/h10-24H2,1-9H3,(H,37,38). The Morgan fingerprint density at radius 2 is 1.12 bits per heavy atom. The van der Waals surface area contributed by atoms with Crippen molar-refractivity contribution in [3.05, 3.63) is 0 Å². The highest BCUT2D eigenvalue weighted by atomic mass is 16.5. The number of nitrogens with zero attached hydrogens (tertiary/aromatic N) is 4. The molecule has 242 valence electrons. The number of ether oxygens (including phenoxy) is 1. The molecule has 0 radical (unpaired) electrons. The van der Waals surface area contributed by atoms with E-state index in [0.29, 0.717) is 52.1 Å². The Labute approximate surface area is 254 Å². The van der Waals surface area contributed by atoms with Crippen LogP contribution in [0.2, 0.25) is 0 Å². The van der Waals surface area contributed by atoms with Crippen molar-refractivity contribution in [1.29, 1.82) is 0 Å². The lowest BCUT2D eigenvalue weighted by Crippen LogP contribution is -2.74. The van der Waals surface area contributed by atoms with Crippen LogP contribution in [0.4, 0.5) is 0 Å². The Hall–Kier alpha value is -2.20. The SMILES string of the molecule is CCN1CC(C)(C)N(CCN2C(C)(C)CN(CCOC(=O)CCCCCCCCC(=O)O)C(=O)C2(C)C)C(C)(C)C1=O. The van der Waals surface area contributed by atoms with Gasteiger partial charge in [-0.2, -0.15) is 0 Å². The van der Waals surface area contributed by atoms with Gasteiger partial charge in [-0.1, -0.05) is 25.7 Å². The van der Waals surface area contributed by atoms with Gasteiger partial charge in [-0.3, -0.25) is 29.0 Å². The van der Waals surface area contributed by atoms with Crippen LogP contribution in [0, 0.1) is 0 Å². The number of likely N-dealkylation sites (N-methyl/N-ethyl adjacent to an activating group) is 1. The number of amides is 2. The zero-order valence-electron chi connectivity index (χ0n) is 27.9. The molecule has 0 aliphatic carbocycles. The summed E-state index contributed by atoms with van der Waals surface area (Å²) in [5.74, 6) is -0.831. The maximum absolute atomic E-state index is 13.7. The summed E-state index contributed by atoms with van der Waals surface area (Å²) in [5, 5.41) is 8.68. The number of esters is 1. The Balaban J connectivity index is 1.87. The smallest absolute Gasteiger partial charge is 0.305 e. The molecule has 10 nitrogen and oxygen atoms in total. The molecule has 0 aromatic rings. The van der Waals surface area contributed by atoms with Crippen molar-refractivity contribution in [2.45, 2.75) is 136 Å². The fourth-order valence-electron chi connectivity index (χ4n) is 7.16. The molecule has 0 bridgehead atoms. The number of carbonyl (C=O) groups is 4. The van der Waals surface area contributed by atoms with Gasteiger partial charge in [-0.15, -0.1) is 0 Å². The van der Waals surface area contributed by atoms with Gasteiger partial charge < -0.3 is 19.6 Å². The lowest BCUT2D eigenvalue weighted by atomic mass is 9.85. The molecule has 42 heavy (non-hydrogen) atoms. The second-order valence-corrected chi connectivity index (χ2v) is 14.3. The van der Waals surface area contributed by atoms with Gasteiger partial charge in [-0.25, -0.2) is 0 Å². The van der Waals surface area contributed by atoms with Crippen molar-refractivity contribution in [3.63, 3.8) is 0 Å². The number of unbranched alkanes of at least 4 members (excludes halogenated alkanes) is 5. The molecule has 0 saturated carbocycles. The molecule has 0 unspecified atom stereocenters. The van der Waals surface area contributed by atoms with Gasteiger partial charge in [0.1, 0.15) is 6.61 Å². The number of hydrogen-bond donors (Lipinski definition) is 1. The Morgan fingerprint density at radius 3 is 1.60 bits per heavy atom. The summed E-state index contributed by atoms with van der Waals surface area (Å²) in [5.41, 5.74) is -1.89. The van der Waals surface area contributed by atoms with E-state index in [-0.39, 0.29) is 41.9 Å². The fourth-order valence-corrected chi connectivity index (χ4v) is 7.16. The van der Waals surface area contributed by atoms with Crippen LogP contribution in [-0.4, -0.2) is 116 Å². The van der Waals surface area contributed by atoms with Crippen molar-refractivity contribution in [3.8, 4) is 0 Å². The zero-order valence-corrected chi connectivity index (χ0v) is 27.9. The summed E-state index contributed by atoms with van der Waals surface area (Å²) < 4.78 is 5.47. The number of carbonyl (C=O) groups excluding carboxylic acids is 3. The predicted molar refractivity (Wildman–Crippen MR) is 164 cm³/mol. The summed E-state index contributed by atoms with van der Waals surface area (Å²) >= 11 is 0. The van der Waals surface area contributed by atoms with Gasteiger partial charge in [0, 0.05) is 56.6 Å². The number of rotatable bonds is 16. The summed E-state index contributed by atoms with van der Waals surface area (Å²) in [6, 6.07) is 0. The summed E-state index contributed by atoms with van der Waals surface area (Å²) in [6.07, 6.45) is 5.80. The highest BCUT2D eigenvalue weighted by Crippen LogP contribution is 2.36. The third-order valence-corrected chi connectivity index (χ3v) is 9.16. The van der Waals surface area contributed by atoms with Crippen LogP contribution in [0.1, 0.15) is 114 Å². The monoisotopic (exact) mass is 594 g/mol. The van der Waals surface area contributed by atoms with Crippen LogP contribution in [0.5, 0.6) is 0 Å². The predicted octanol–water partition coefficient (Wildman–Crippen LogP) is 4.16. The van der Waals surface area contributed by atoms with E-state index in [9.17, 15) is 19.2 Å². The molecule has 2 amide bonds. The molecule has 0 aromatic heterocycles. The van der Waals surface area contributed by atoms with E-state index < -0.39 is 17.0 Å².